The molecule has 0 saturated heterocycles. The summed E-state index contributed by atoms with van der Waals surface area (Å²) in [5.41, 5.74) is 3.07. The molecule has 1 N–H and O–H groups in total. The lowest BCUT2D eigenvalue weighted by molar-refractivity contribution is 0.271. The Balaban J connectivity index is 2.22. The fourth-order valence-electron chi connectivity index (χ4n) is 2.08. The SMILES string of the molecule is CC(C)COc1ccc2c(c1)/C(=N\O)CCC2. The summed E-state index contributed by atoms with van der Waals surface area (Å²) in [7, 11) is 0. The first-order valence-corrected chi connectivity index (χ1v) is 6.17. The molecular formula is C14H19NO2. The maximum atomic E-state index is 8.99. The largest absolute Gasteiger partial charge is 0.493 e. The highest BCUT2D eigenvalue weighted by Gasteiger charge is 2.16. The van der Waals surface area contributed by atoms with Crippen LogP contribution in [0.3, 0.4) is 0 Å². The van der Waals surface area contributed by atoms with Gasteiger partial charge in [0.05, 0.1) is 12.3 Å². The van der Waals surface area contributed by atoms with Crippen LogP contribution in [-0.2, 0) is 6.42 Å². The molecule has 0 radical (unpaired) electrons. The fourth-order valence-corrected chi connectivity index (χ4v) is 2.08. The number of fused-ring (bicyclic) bond motifs is 1. The van der Waals surface area contributed by atoms with Crippen molar-refractivity contribution in [3.05, 3.63) is 29.3 Å². The van der Waals surface area contributed by atoms with E-state index in [1.54, 1.807) is 0 Å². The van der Waals surface area contributed by atoms with Crippen LogP contribution in [0.15, 0.2) is 23.4 Å². The molecule has 3 heteroatoms. The van der Waals surface area contributed by atoms with Gasteiger partial charge in [-0.3, -0.25) is 0 Å². The zero-order valence-electron chi connectivity index (χ0n) is 10.4. The van der Waals surface area contributed by atoms with Gasteiger partial charge in [-0.1, -0.05) is 25.1 Å². The molecule has 0 unspecified atom stereocenters. The topological polar surface area (TPSA) is 41.8 Å². The molecule has 1 aliphatic rings. The van der Waals surface area contributed by atoms with Crippen molar-refractivity contribution in [3.63, 3.8) is 0 Å². The Hall–Kier alpha value is -1.51. The van der Waals surface area contributed by atoms with Gasteiger partial charge in [0.25, 0.3) is 0 Å². The van der Waals surface area contributed by atoms with Crippen molar-refractivity contribution in [2.45, 2.75) is 33.1 Å². The Morgan fingerprint density at radius 1 is 1.35 bits per heavy atom. The van der Waals surface area contributed by atoms with Crippen molar-refractivity contribution in [3.8, 4) is 5.75 Å². The Morgan fingerprint density at radius 3 is 2.88 bits per heavy atom. The second-order valence-corrected chi connectivity index (χ2v) is 4.92. The van der Waals surface area contributed by atoms with Gasteiger partial charge in [-0.05, 0) is 42.9 Å². The average molecular weight is 233 g/mol. The summed E-state index contributed by atoms with van der Waals surface area (Å²) < 4.78 is 5.69. The van der Waals surface area contributed by atoms with E-state index in [9.17, 15) is 0 Å². The van der Waals surface area contributed by atoms with Crippen molar-refractivity contribution in [2.75, 3.05) is 6.61 Å². The molecule has 0 atom stereocenters. The Morgan fingerprint density at radius 2 is 2.18 bits per heavy atom. The van der Waals surface area contributed by atoms with Gasteiger partial charge in [0.2, 0.25) is 0 Å². The molecular weight excluding hydrogens is 214 g/mol. The van der Waals surface area contributed by atoms with E-state index in [-0.39, 0.29) is 0 Å². The minimum atomic E-state index is 0.511. The molecule has 0 amide bonds. The van der Waals surface area contributed by atoms with Crippen molar-refractivity contribution in [2.24, 2.45) is 11.1 Å². The van der Waals surface area contributed by atoms with Crippen LogP contribution in [0.4, 0.5) is 0 Å². The van der Waals surface area contributed by atoms with Gasteiger partial charge in [-0.15, -0.1) is 0 Å². The first-order chi connectivity index (χ1) is 8.20. The van der Waals surface area contributed by atoms with E-state index >= 15 is 0 Å². The summed E-state index contributed by atoms with van der Waals surface area (Å²) in [5.74, 6) is 1.37. The van der Waals surface area contributed by atoms with Crippen LogP contribution in [-0.4, -0.2) is 17.5 Å². The molecule has 0 heterocycles. The number of hydrogen-bond donors (Lipinski definition) is 1. The third-order valence-corrected chi connectivity index (χ3v) is 2.96. The van der Waals surface area contributed by atoms with Crippen LogP contribution in [0.1, 0.15) is 37.8 Å². The van der Waals surface area contributed by atoms with Gasteiger partial charge < -0.3 is 9.94 Å². The summed E-state index contributed by atoms with van der Waals surface area (Å²) in [6.45, 7) is 4.96. The summed E-state index contributed by atoms with van der Waals surface area (Å²) in [6.07, 6.45) is 2.95. The molecule has 3 nitrogen and oxygen atoms in total. The van der Waals surface area contributed by atoms with Gasteiger partial charge in [-0.2, -0.15) is 0 Å². The van der Waals surface area contributed by atoms with Gasteiger partial charge in [0, 0.05) is 5.56 Å². The zero-order valence-corrected chi connectivity index (χ0v) is 10.4. The first-order valence-electron chi connectivity index (χ1n) is 6.17. The average Bonchev–Trinajstić information content (AvgIpc) is 2.35. The number of aryl methyl sites for hydroxylation is 1. The number of hydrogen-bond acceptors (Lipinski definition) is 3. The van der Waals surface area contributed by atoms with Gasteiger partial charge in [0.1, 0.15) is 5.75 Å². The molecule has 0 aliphatic heterocycles. The first kappa shape index (κ1) is 12.0. The standard InChI is InChI=1S/C14H19NO2/c1-10(2)9-17-12-7-6-11-4-3-5-14(15-16)13(11)8-12/h6-8,10,16H,3-5,9H2,1-2H3/b15-14-. The minimum Gasteiger partial charge on any atom is -0.493 e. The highest BCUT2D eigenvalue weighted by Crippen LogP contribution is 2.26. The van der Waals surface area contributed by atoms with Gasteiger partial charge in [-0.25, -0.2) is 0 Å². The Bertz CT molecular complexity index is 424. The predicted octanol–water partition coefficient (Wildman–Crippen LogP) is 3.24. The molecule has 0 fully saturated rings. The fraction of sp³-hybridized carbons (Fsp3) is 0.500. The summed E-state index contributed by atoms with van der Waals surface area (Å²) in [4.78, 5) is 0. The smallest absolute Gasteiger partial charge is 0.119 e. The Labute approximate surface area is 102 Å². The lowest BCUT2D eigenvalue weighted by atomic mass is 9.90. The van der Waals surface area contributed by atoms with Crippen LogP contribution in [0.5, 0.6) is 5.75 Å². The summed E-state index contributed by atoms with van der Waals surface area (Å²) in [6, 6.07) is 6.07. The number of oxime groups is 1. The third kappa shape index (κ3) is 2.78. The lowest BCUT2D eigenvalue weighted by Gasteiger charge is -2.18. The van der Waals surface area contributed by atoms with Crippen LogP contribution in [0, 0.1) is 5.92 Å². The summed E-state index contributed by atoms with van der Waals surface area (Å²) >= 11 is 0. The molecule has 0 aromatic heterocycles. The van der Waals surface area contributed by atoms with Gasteiger partial charge >= 0.3 is 0 Å². The lowest BCUT2D eigenvalue weighted by Crippen LogP contribution is -2.12. The number of nitrogens with zero attached hydrogens (tertiary/aromatic N) is 1. The van der Waals surface area contributed by atoms with E-state index in [0.29, 0.717) is 12.5 Å². The number of rotatable bonds is 3. The van der Waals surface area contributed by atoms with E-state index in [1.807, 2.05) is 12.1 Å². The molecule has 1 aromatic rings. The van der Waals surface area contributed by atoms with Crippen molar-refractivity contribution < 1.29 is 9.94 Å². The highest BCUT2D eigenvalue weighted by atomic mass is 16.5. The monoisotopic (exact) mass is 233 g/mol. The van der Waals surface area contributed by atoms with Crippen LogP contribution < -0.4 is 4.74 Å². The molecule has 1 aliphatic carbocycles. The van der Waals surface area contributed by atoms with E-state index in [2.05, 4.69) is 25.1 Å². The number of benzene rings is 1. The molecule has 0 spiro atoms. The Kier molecular flexibility index (Phi) is 3.67. The van der Waals surface area contributed by atoms with E-state index in [1.165, 1.54) is 5.56 Å². The maximum absolute atomic E-state index is 8.99. The molecule has 0 saturated carbocycles. The molecule has 92 valence electrons. The molecule has 2 rings (SSSR count). The normalized spacial score (nSPS) is 17.2. The van der Waals surface area contributed by atoms with Crippen LogP contribution >= 0.6 is 0 Å². The van der Waals surface area contributed by atoms with Crippen molar-refractivity contribution in [1.82, 2.24) is 0 Å². The summed E-state index contributed by atoms with van der Waals surface area (Å²) in [5, 5.41) is 12.4. The second-order valence-electron chi connectivity index (χ2n) is 4.92. The zero-order chi connectivity index (χ0) is 12.3. The van der Waals surface area contributed by atoms with Crippen molar-refractivity contribution in [1.29, 1.82) is 0 Å². The van der Waals surface area contributed by atoms with Crippen LogP contribution in [0.2, 0.25) is 0 Å². The quantitative estimate of drug-likeness (QED) is 0.643. The highest BCUT2D eigenvalue weighted by molar-refractivity contribution is 6.02. The van der Waals surface area contributed by atoms with E-state index in [0.717, 1.165) is 36.3 Å². The number of ether oxygens (including phenoxy) is 1. The maximum Gasteiger partial charge on any atom is 0.119 e. The van der Waals surface area contributed by atoms with E-state index in [4.69, 9.17) is 9.94 Å². The molecule has 17 heavy (non-hydrogen) atoms. The molecule has 0 bridgehead atoms. The van der Waals surface area contributed by atoms with E-state index < -0.39 is 0 Å². The molecule has 1 aromatic carbocycles. The predicted molar refractivity (Wildman–Crippen MR) is 68.0 cm³/mol. The van der Waals surface area contributed by atoms with Crippen LogP contribution in [0.25, 0.3) is 0 Å². The minimum absolute atomic E-state index is 0.511. The van der Waals surface area contributed by atoms with Crippen molar-refractivity contribution >= 4 is 5.71 Å². The van der Waals surface area contributed by atoms with Gasteiger partial charge in [0.15, 0.2) is 0 Å². The second kappa shape index (κ2) is 5.21. The third-order valence-electron chi connectivity index (χ3n) is 2.96.